The van der Waals surface area contributed by atoms with Gasteiger partial charge < -0.3 is 20.3 Å². The van der Waals surface area contributed by atoms with Gasteiger partial charge in [-0.05, 0) is 19.3 Å². The molecule has 1 amide bonds. The van der Waals surface area contributed by atoms with Crippen molar-refractivity contribution in [3.05, 3.63) is 0 Å². The Morgan fingerprint density at radius 3 is 2.57 bits per heavy atom. The zero-order valence-corrected chi connectivity index (χ0v) is 14.0. The molecule has 128 valence electrons. The van der Waals surface area contributed by atoms with E-state index in [4.69, 9.17) is 4.74 Å². The second kappa shape index (κ2) is 9.12. The lowest BCUT2D eigenvalue weighted by molar-refractivity contribution is -0.119. The molecule has 0 aromatic carbocycles. The molecule has 0 radical (unpaired) electrons. The molecule has 0 atom stereocenters. The van der Waals surface area contributed by atoms with E-state index in [1.54, 1.807) is 0 Å². The predicted octanol–water partition coefficient (Wildman–Crippen LogP) is 1.20. The number of ether oxygens (including phenoxy) is 1. The normalized spacial score (nSPS) is 15.0. The summed E-state index contributed by atoms with van der Waals surface area (Å²) in [5, 5.41) is 5.75. The lowest BCUT2D eigenvalue weighted by Crippen LogP contribution is -2.31. The molecule has 2 N–H and O–H groups in total. The fraction of sp³-hybridized carbons (Fsp3) is 0.733. The average molecular weight is 322 g/mol. The van der Waals surface area contributed by atoms with Gasteiger partial charge in [0.25, 0.3) is 0 Å². The fourth-order valence-corrected chi connectivity index (χ4v) is 2.41. The Labute approximate surface area is 137 Å². The molecular formula is C15H26N6O2. The van der Waals surface area contributed by atoms with Gasteiger partial charge in [-0.15, -0.1) is 0 Å². The molecule has 0 aliphatic carbocycles. The van der Waals surface area contributed by atoms with Crippen LogP contribution in [-0.2, 0) is 4.79 Å². The highest BCUT2D eigenvalue weighted by Crippen LogP contribution is 2.18. The molecule has 1 aromatic heterocycles. The highest BCUT2D eigenvalue weighted by Gasteiger charge is 2.16. The van der Waals surface area contributed by atoms with E-state index in [0.717, 1.165) is 32.4 Å². The summed E-state index contributed by atoms with van der Waals surface area (Å²) in [4.78, 5) is 26.8. The first-order valence-electron chi connectivity index (χ1n) is 8.28. The van der Waals surface area contributed by atoms with Crippen molar-refractivity contribution in [2.45, 2.75) is 39.0 Å². The molecule has 0 spiro atoms. The molecule has 2 heterocycles. The Hall–Kier alpha value is -2.12. The third kappa shape index (κ3) is 5.54. The molecule has 0 bridgehead atoms. The summed E-state index contributed by atoms with van der Waals surface area (Å²) < 4.78 is 5.16. The Balaban J connectivity index is 2.04. The minimum atomic E-state index is -0.0810. The summed E-state index contributed by atoms with van der Waals surface area (Å²) in [6.07, 6.45) is 5.65. The predicted molar refractivity (Wildman–Crippen MR) is 88.9 cm³/mol. The summed E-state index contributed by atoms with van der Waals surface area (Å²) in [7, 11) is 1.53. The molecule has 1 fully saturated rings. The molecule has 23 heavy (non-hydrogen) atoms. The van der Waals surface area contributed by atoms with Gasteiger partial charge in [-0.25, -0.2) is 0 Å². The van der Waals surface area contributed by atoms with Crippen molar-refractivity contribution in [2.75, 3.05) is 43.5 Å². The van der Waals surface area contributed by atoms with Crippen molar-refractivity contribution in [3.8, 4) is 6.01 Å². The molecule has 1 saturated heterocycles. The van der Waals surface area contributed by atoms with E-state index < -0.39 is 0 Å². The number of rotatable bonds is 7. The van der Waals surface area contributed by atoms with Gasteiger partial charge in [-0.2, -0.15) is 15.0 Å². The summed E-state index contributed by atoms with van der Waals surface area (Å²) in [5.74, 6) is 0.889. The van der Waals surface area contributed by atoms with Crippen LogP contribution in [0.5, 0.6) is 6.01 Å². The van der Waals surface area contributed by atoms with Crippen molar-refractivity contribution < 1.29 is 9.53 Å². The van der Waals surface area contributed by atoms with E-state index in [2.05, 4.69) is 30.5 Å². The third-order valence-corrected chi connectivity index (χ3v) is 3.65. The van der Waals surface area contributed by atoms with E-state index in [1.807, 2.05) is 6.92 Å². The van der Waals surface area contributed by atoms with E-state index >= 15 is 0 Å². The lowest BCUT2D eigenvalue weighted by atomic mass is 10.2. The maximum absolute atomic E-state index is 11.7. The Bertz CT molecular complexity index is 503. The number of hydrogen-bond acceptors (Lipinski definition) is 7. The topological polar surface area (TPSA) is 92.3 Å². The number of aromatic nitrogens is 3. The maximum atomic E-state index is 11.7. The molecule has 1 aliphatic heterocycles. The summed E-state index contributed by atoms with van der Waals surface area (Å²) in [6.45, 7) is 4.68. The van der Waals surface area contributed by atoms with Crippen LogP contribution in [0.4, 0.5) is 11.9 Å². The summed E-state index contributed by atoms with van der Waals surface area (Å²) in [5.41, 5.74) is 0. The van der Waals surface area contributed by atoms with Crippen LogP contribution in [-0.4, -0.2) is 54.1 Å². The molecule has 1 aromatic rings. The second-order valence-electron chi connectivity index (χ2n) is 5.55. The number of carbonyl (C=O) groups is 1. The van der Waals surface area contributed by atoms with Crippen LogP contribution in [0.15, 0.2) is 0 Å². The zero-order chi connectivity index (χ0) is 16.5. The van der Waals surface area contributed by atoms with Gasteiger partial charge in [-0.1, -0.05) is 19.8 Å². The van der Waals surface area contributed by atoms with E-state index in [1.165, 1.54) is 20.0 Å². The quantitative estimate of drug-likeness (QED) is 0.779. The molecule has 8 nitrogen and oxygen atoms in total. The average Bonchev–Trinajstić information content (AvgIpc) is 2.87. The molecule has 0 unspecified atom stereocenters. The smallest absolute Gasteiger partial charge is 0.322 e. The minimum absolute atomic E-state index is 0.0810. The minimum Gasteiger partial charge on any atom is -0.467 e. The van der Waals surface area contributed by atoms with Crippen molar-refractivity contribution >= 4 is 17.8 Å². The standard InChI is InChI=1S/C15H26N6O2/c1-3-8-16-12(22)11-17-13-18-14(20-15(19-13)23-2)21-9-6-4-5-7-10-21/h3-11H2,1-2H3,(H,16,22)(H,17,18,19,20). The molecule has 8 heteroatoms. The molecule has 2 rings (SSSR count). The second-order valence-corrected chi connectivity index (χ2v) is 5.55. The number of nitrogens with one attached hydrogen (secondary N) is 2. The van der Waals surface area contributed by atoms with Crippen molar-refractivity contribution in [2.24, 2.45) is 0 Å². The van der Waals surface area contributed by atoms with Crippen LogP contribution in [0.2, 0.25) is 0 Å². The molecule has 0 saturated carbocycles. The first-order valence-corrected chi connectivity index (χ1v) is 8.28. The van der Waals surface area contributed by atoms with Crippen LogP contribution < -0.4 is 20.3 Å². The van der Waals surface area contributed by atoms with Gasteiger partial charge in [0.05, 0.1) is 13.7 Å². The first kappa shape index (κ1) is 17.2. The van der Waals surface area contributed by atoms with E-state index in [0.29, 0.717) is 18.4 Å². The molecular weight excluding hydrogens is 296 g/mol. The van der Waals surface area contributed by atoms with Crippen LogP contribution >= 0.6 is 0 Å². The first-order chi connectivity index (χ1) is 11.2. The van der Waals surface area contributed by atoms with E-state index in [9.17, 15) is 4.79 Å². The number of amides is 1. The van der Waals surface area contributed by atoms with Gasteiger partial charge in [0, 0.05) is 19.6 Å². The van der Waals surface area contributed by atoms with Gasteiger partial charge in [0.2, 0.25) is 17.8 Å². The van der Waals surface area contributed by atoms with Gasteiger partial charge in [0.1, 0.15) is 0 Å². The Morgan fingerprint density at radius 2 is 1.91 bits per heavy atom. The van der Waals surface area contributed by atoms with Crippen LogP contribution in [0, 0.1) is 0 Å². The van der Waals surface area contributed by atoms with Crippen LogP contribution in [0.3, 0.4) is 0 Å². The largest absolute Gasteiger partial charge is 0.467 e. The van der Waals surface area contributed by atoms with Gasteiger partial charge in [0.15, 0.2) is 0 Å². The zero-order valence-electron chi connectivity index (χ0n) is 14.0. The van der Waals surface area contributed by atoms with E-state index in [-0.39, 0.29) is 18.5 Å². The number of nitrogens with zero attached hydrogens (tertiary/aromatic N) is 4. The Kier molecular flexibility index (Phi) is 6.83. The van der Waals surface area contributed by atoms with Crippen molar-refractivity contribution in [1.29, 1.82) is 0 Å². The fourth-order valence-electron chi connectivity index (χ4n) is 2.41. The summed E-state index contributed by atoms with van der Waals surface area (Å²) >= 11 is 0. The Morgan fingerprint density at radius 1 is 1.17 bits per heavy atom. The molecule has 1 aliphatic rings. The number of hydrogen-bond donors (Lipinski definition) is 2. The van der Waals surface area contributed by atoms with Crippen molar-refractivity contribution in [3.63, 3.8) is 0 Å². The van der Waals surface area contributed by atoms with Crippen molar-refractivity contribution in [1.82, 2.24) is 20.3 Å². The van der Waals surface area contributed by atoms with Gasteiger partial charge >= 0.3 is 6.01 Å². The monoisotopic (exact) mass is 322 g/mol. The third-order valence-electron chi connectivity index (χ3n) is 3.65. The van der Waals surface area contributed by atoms with Crippen LogP contribution in [0.1, 0.15) is 39.0 Å². The number of anilines is 2. The number of methoxy groups -OCH3 is 1. The van der Waals surface area contributed by atoms with Crippen LogP contribution in [0.25, 0.3) is 0 Å². The SMILES string of the molecule is CCCNC(=O)CNc1nc(OC)nc(N2CCCCCC2)n1. The number of carbonyl (C=O) groups excluding carboxylic acids is 1. The maximum Gasteiger partial charge on any atom is 0.322 e. The van der Waals surface area contributed by atoms with Gasteiger partial charge in [-0.3, -0.25) is 4.79 Å². The highest BCUT2D eigenvalue weighted by atomic mass is 16.5. The highest BCUT2D eigenvalue weighted by molar-refractivity contribution is 5.80. The summed E-state index contributed by atoms with van der Waals surface area (Å²) in [6, 6.07) is 0.260. The lowest BCUT2D eigenvalue weighted by Gasteiger charge is -2.20.